The zero-order valence-corrected chi connectivity index (χ0v) is 17.8. The van der Waals surface area contributed by atoms with E-state index in [0.717, 1.165) is 42.2 Å². The fraction of sp³-hybridized carbons (Fsp3) is 0.737. The molecule has 1 unspecified atom stereocenters. The van der Waals surface area contributed by atoms with Crippen molar-refractivity contribution in [3.8, 4) is 0 Å². The predicted molar refractivity (Wildman–Crippen MR) is 108 cm³/mol. The second-order valence-corrected chi connectivity index (χ2v) is 9.45. The van der Waals surface area contributed by atoms with Gasteiger partial charge >= 0.3 is 7.12 Å². The van der Waals surface area contributed by atoms with Gasteiger partial charge in [0.05, 0.1) is 11.2 Å². The molecule has 1 amide bonds. The second-order valence-electron chi connectivity index (χ2n) is 8.39. The van der Waals surface area contributed by atoms with Gasteiger partial charge in [0.15, 0.2) is 5.16 Å². The first kappa shape index (κ1) is 20.6. The Morgan fingerprint density at radius 3 is 2.44 bits per heavy atom. The minimum Gasteiger partial charge on any atom is -0.399 e. The summed E-state index contributed by atoms with van der Waals surface area (Å²) in [4.78, 5) is 22.7. The quantitative estimate of drug-likeness (QED) is 0.437. The summed E-state index contributed by atoms with van der Waals surface area (Å²) in [5.41, 5.74) is 0.106. The summed E-state index contributed by atoms with van der Waals surface area (Å²) in [5.74, 6) is 1.09. The highest BCUT2D eigenvalue weighted by Crippen LogP contribution is 2.36. The van der Waals surface area contributed by atoms with Crippen LogP contribution in [0.1, 0.15) is 60.3 Å². The Labute approximate surface area is 166 Å². The molecule has 148 valence electrons. The number of hydrogen-bond acceptors (Lipinski definition) is 6. The Kier molecular flexibility index (Phi) is 6.18. The summed E-state index contributed by atoms with van der Waals surface area (Å²) < 4.78 is 12.1. The molecule has 6 nitrogen and oxygen atoms in total. The van der Waals surface area contributed by atoms with Gasteiger partial charge in [-0.05, 0) is 53.4 Å². The third-order valence-corrected chi connectivity index (χ3v) is 6.80. The Morgan fingerprint density at radius 1 is 1.22 bits per heavy atom. The normalized spacial score (nSPS) is 24.3. The van der Waals surface area contributed by atoms with Crippen LogP contribution in [-0.2, 0) is 14.1 Å². The van der Waals surface area contributed by atoms with E-state index in [9.17, 15) is 4.79 Å². The smallest absolute Gasteiger partial charge is 0.399 e. The molecule has 27 heavy (non-hydrogen) atoms. The van der Waals surface area contributed by atoms with Gasteiger partial charge in [0.1, 0.15) is 0 Å². The van der Waals surface area contributed by atoms with Crippen molar-refractivity contribution >= 4 is 30.3 Å². The summed E-state index contributed by atoms with van der Waals surface area (Å²) in [5, 5.41) is 0.750. The number of piperidine rings is 1. The second kappa shape index (κ2) is 8.09. The lowest BCUT2D eigenvalue weighted by Gasteiger charge is -2.35. The van der Waals surface area contributed by atoms with E-state index in [1.165, 1.54) is 6.42 Å². The molecule has 2 aliphatic heterocycles. The molecule has 0 saturated carbocycles. The van der Waals surface area contributed by atoms with Crippen molar-refractivity contribution in [2.75, 3.05) is 12.3 Å². The maximum absolute atomic E-state index is 11.8. The van der Waals surface area contributed by atoms with E-state index in [1.54, 1.807) is 31.1 Å². The molecule has 0 aliphatic carbocycles. The van der Waals surface area contributed by atoms with Crippen LogP contribution in [0.3, 0.4) is 0 Å². The molecule has 1 aromatic rings. The Morgan fingerprint density at radius 2 is 1.85 bits per heavy atom. The highest BCUT2D eigenvalue weighted by Gasteiger charge is 2.51. The van der Waals surface area contributed by atoms with Crippen molar-refractivity contribution in [1.82, 2.24) is 14.9 Å². The molecule has 2 saturated heterocycles. The van der Waals surface area contributed by atoms with E-state index < -0.39 is 7.12 Å². The summed E-state index contributed by atoms with van der Waals surface area (Å²) in [6, 6.07) is 0.354. The first-order valence-electron chi connectivity index (χ1n) is 9.77. The molecule has 2 fully saturated rings. The van der Waals surface area contributed by atoms with Crippen LogP contribution in [0.2, 0.25) is 0 Å². The average molecular weight is 391 g/mol. The molecule has 1 atom stereocenters. The topological polar surface area (TPSA) is 64.6 Å². The first-order chi connectivity index (χ1) is 12.7. The SMILES string of the molecule is CC(=O)N1CCCCC1CCSc1ncc(B2OC(C)(C)C(C)(C)O2)cn1. The number of carbonyl (C=O) groups excluding carboxylic acids is 1. The summed E-state index contributed by atoms with van der Waals surface area (Å²) in [7, 11) is -0.430. The van der Waals surface area contributed by atoms with Gasteiger partial charge in [0, 0.05) is 43.1 Å². The highest BCUT2D eigenvalue weighted by atomic mass is 32.2. The number of aromatic nitrogens is 2. The maximum atomic E-state index is 11.8. The van der Waals surface area contributed by atoms with Gasteiger partial charge in [-0.25, -0.2) is 9.97 Å². The minimum atomic E-state index is -0.430. The molecule has 0 bridgehead atoms. The van der Waals surface area contributed by atoms with Gasteiger partial charge in [0.2, 0.25) is 5.91 Å². The number of rotatable bonds is 5. The third kappa shape index (κ3) is 4.66. The molecule has 0 N–H and O–H groups in total. The maximum Gasteiger partial charge on any atom is 0.498 e. The molecule has 0 spiro atoms. The number of nitrogens with zero attached hydrogens (tertiary/aromatic N) is 3. The van der Waals surface area contributed by atoms with Gasteiger partial charge < -0.3 is 14.2 Å². The lowest BCUT2D eigenvalue weighted by molar-refractivity contribution is -0.132. The van der Waals surface area contributed by atoms with Gasteiger partial charge in [0.25, 0.3) is 0 Å². The van der Waals surface area contributed by atoms with E-state index in [-0.39, 0.29) is 17.1 Å². The largest absolute Gasteiger partial charge is 0.498 e. The van der Waals surface area contributed by atoms with Crippen LogP contribution in [0.4, 0.5) is 0 Å². The van der Waals surface area contributed by atoms with Gasteiger partial charge in [-0.3, -0.25) is 4.79 Å². The predicted octanol–water partition coefficient (Wildman–Crippen LogP) is 2.66. The molecular formula is C19H30BN3O3S. The Hall–Kier alpha value is -1.12. The standard InChI is InChI=1S/C19H30BN3O3S/c1-14(24)23-10-7-6-8-16(23)9-11-27-17-21-12-15(13-22-17)20-25-18(2,3)19(4,5)26-20/h12-13,16H,6-11H2,1-5H3. The fourth-order valence-corrected chi connectivity index (χ4v) is 4.33. The van der Waals surface area contributed by atoms with Crippen molar-refractivity contribution in [2.45, 2.75) is 82.7 Å². The molecule has 0 radical (unpaired) electrons. The summed E-state index contributed by atoms with van der Waals surface area (Å²) >= 11 is 1.64. The summed E-state index contributed by atoms with van der Waals surface area (Å²) in [6.07, 6.45) is 7.99. The van der Waals surface area contributed by atoms with Crippen LogP contribution in [0.5, 0.6) is 0 Å². The number of hydrogen-bond donors (Lipinski definition) is 0. The van der Waals surface area contributed by atoms with Crippen LogP contribution < -0.4 is 5.46 Å². The zero-order valence-electron chi connectivity index (χ0n) is 17.0. The monoisotopic (exact) mass is 391 g/mol. The van der Waals surface area contributed by atoms with Gasteiger partial charge in [-0.2, -0.15) is 0 Å². The van der Waals surface area contributed by atoms with Crippen LogP contribution >= 0.6 is 11.8 Å². The molecule has 3 rings (SSSR count). The van der Waals surface area contributed by atoms with Crippen molar-refractivity contribution in [3.63, 3.8) is 0 Å². The number of amides is 1. The van der Waals surface area contributed by atoms with Crippen molar-refractivity contribution < 1.29 is 14.1 Å². The van der Waals surface area contributed by atoms with Crippen LogP contribution in [0, 0.1) is 0 Å². The molecule has 0 aromatic carbocycles. The molecule has 1 aromatic heterocycles. The Bertz CT molecular complexity index is 653. The van der Waals surface area contributed by atoms with Gasteiger partial charge in [-0.15, -0.1) is 0 Å². The number of carbonyl (C=O) groups is 1. The van der Waals surface area contributed by atoms with Crippen LogP contribution in [0.25, 0.3) is 0 Å². The molecular weight excluding hydrogens is 361 g/mol. The number of thioether (sulfide) groups is 1. The summed E-state index contributed by atoms with van der Waals surface area (Å²) in [6.45, 7) is 10.7. The third-order valence-electron chi connectivity index (χ3n) is 5.89. The van der Waals surface area contributed by atoms with Crippen LogP contribution in [-0.4, -0.2) is 57.4 Å². The molecule has 8 heteroatoms. The lowest BCUT2D eigenvalue weighted by atomic mass is 9.81. The lowest BCUT2D eigenvalue weighted by Crippen LogP contribution is -2.42. The molecule has 3 heterocycles. The van der Waals surface area contributed by atoms with E-state index in [1.807, 2.05) is 32.6 Å². The van der Waals surface area contributed by atoms with Crippen molar-refractivity contribution in [2.24, 2.45) is 0 Å². The number of likely N-dealkylation sites (tertiary alicyclic amines) is 1. The molecule has 2 aliphatic rings. The average Bonchev–Trinajstić information content (AvgIpc) is 2.83. The fourth-order valence-electron chi connectivity index (χ4n) is 3.50. The van der Waals surface area contributed by atoms with Crippen molar-refractivity contribution in [3.05, 3.63) is 12.4 Å². The Balaban J connectivity index is 1.52. The highest BCUT2D eigenvalue weighted by molar-refractivity contribution is 7.99. The van der Waals surface area contributed by atoms with E-state index in [0.29, 0.717) is 6.04 Å². The van der Waals surface area contributed by atoms with E-state index in [2.05, 4.69) is 9.97 Å². The minimum absolute atomic E-state index is 0.188. The van der Waals surface area contributed by atoms with Crippen LogP contribution in [0.15, 0.2) is 17.6 Å². The first-order valence-corrected chi connectivity index (χ1v) is 10.8. The van der Waals surface area contributed by atoms with Crippen molar-refractivity contribution in [1.29, 1.82) is 0 Å². The van der Waals surface area contributed by atoms with E-state index >= 15 is 0 Å². The van der Waals surface area contributed by atoms with E-state index in [4.69, 9.17) is 9.31 Å². The van der Waals surface area contributed by atoms with Gasteiger partial charge in [-0.1, -0.05) is 11.8 Å². The zero-order chi connectivity index (χ0) is 19.7.